The maximum atomic E-state index is 13.6. The molecule has 1 heterocycles. The lowest BCUT2D eigenvalue weighted by atomic mass is 10.1. The number of nitrogens with zero attached hydrogens (tertiary/aromatic N) is 1. The Hall–Kier alpha value is -1.87. The summed E-state index contributed by atoms with van der Waals surface area (Å²) in [5.41, 5.74) is 0.0178. The van der Waals surface area contributed by atoms with Crippen molar-refractivity contribution < 1.29 is 26.9 Å². The fourth-order valence-electron chi connectivity index (χ4n) is 2.63. The van der Waals surface area contributed by atoms with Gasteiger partial charge < -0.3 is 4.74 Å². The zero-order valence-electron chi connectivity index (χ0n) is 17.4. The van der Waals surface area contributed by atoms with Crippen molar-refractivity contribution in [3.8, 4) is 0 Å². The molecule has 2 rings (SSSR count). The normalized spacial score (nSPS) is 15.3. The average molecular weight is 433 g/mol. The van der Waals surface area contributed by atoms with Gasteiger partial charge in [0.05, 0.1) is 21.2 Å². The second-order valence-corrected chi connectivity index (χ2v) is 10.8. The Kier molecular flexibility index (Phi) is 6.54. The molecular weight excluding hydrogens is 405 g/mol. The molecule has 9 heteroatoms. The minimum Gasteiger partial charge on any atom is -0.443 e. The summed E-state index contributed by atoms with van der Waals surface area (Å²) < 4.78 is 61.1. The van der Waals surface area contributed by atoms with E-state index in [4.69, 9.17) is 4.74 Å². The smallest absolute Gasteiger partial charge is 0.419 e. The van der Waals surface area contributed by atoms with Crippen molar-refractivity contribution in [2.45, 2.75) is 70.5 Å². The van der Waals surface area contributed by atoms with E-state index in [0.717, 1.165) is 0 Å². The van der Waals surface area contributed by atoms with E-state index in [2.05, 4.69) is 4.72 Å². The number of para-hydroxylation sites is 1. The van der Waals surface area contributed by atoms with Gasteiger partial charge in [0, 0.05) is 11.6 Å². The summed E-state index contributed by atoms with van der Waals surface area (Å²) in [5.74, 6) is 0. The molecule has 1 unspecified atom stereocenters. The first kappa shape index (κ1) is 23.4. The number of alkyl halides is 3. The van der Waals surface area contributed by atoms with E-state index >= 15 is 0 Å². The van der Waals surface area contributed by atoms with Crippen LogP contribution in [0.2, 0.25) is 0 Å². The topological polar surface area (TPSA) is 60.3 Å². The molecule has 0 fully saturated rings. The van der Waals surface area contributed by atoms with Crippen LogP contribution in [0.25, 0.3) is 10.9 Å². The van der Waals surface area contributed by atoms with Gasteiger partial charge in [0.2, 0.25) is 0 Å². The number of aromatic nitrogens is 1. The van der Waals surface area contributed by atoms with E-state index in [0.29, 0.717) is 16.5 Å². The highest BCUT2D eigenvalue weighted by atomic mass is 32.2. The number of hydrogen-bond acceptors (Lipinski definition) is 3. The molecule has 0 saturated heterocycles. The number of benzene rings is 1. The van der Waals surface area contributed by atoms with Crippen molar-refractivity contribution in [2.24, 2.45) is 0 Å². The molecule has 0 bridgehead atoms. The summed E-state index contributed by atoms with van der Waals surface area (Å²) in [6.45, 7) is 9.92. The number of carbonyl (C=O) groups is 1. The lowest BCUT2D eigenvalue weighted by Crippen LogP contribution is -2.48. The Morgan fingerprint density at radius 2 is 1.72 bits per heavy atom. The van der Waals surface area contributed by atoms with Crippen molar-refractivity contribution in [3.63, 3.8) is 0 Å². The molecule has 0 saturated carbocycles. The fraction of sp³-hybridized carbons (Fsp3) is 0.550. The maximum absolute atomic E-state index is 13.6. The third kappa shape index (κ3) is 6.05. The molecule has 0 aliphatic heterocycles. The molecular formula is C20H27F3N2O3S. The Morgan fingerprint density at radius 3 is 2.24 bits per heavy atom. The standard InChI is InChI=1S/C20H27F3N2O3S/c1-18(2,3)28-17(26)25-12-13(14-9-7-8-10-15(14)25)11-16(20(21,22)23)24-29(27)19(4,5)6/h7-10,12,16,24H,11H2,1-6H3/t16-,29?/m0/s1. The van der Waals surface area contributed by atoms with Crippen molar-refractivity contribution in [2.75, 3.05) is 0 Å². The predicted molar refractivity (Wildman–Crippen MR) is 108 cm³/mol. The highest BCUT2D eigenvalue weighted by Crippen LogP contribution is 2.29. The molecule has 0 amide bonds. The van der Waals surface area contributed by atoms with Crippen molar-refractivity contribution >= 4 is 28.0 Å². The monoisotopic (exact) mass is 432 g/mol. The third-order valence-electron chi connectivity index (χ3n) is 4.01. The second kappa shape index (κ2) is 8.10. The van der Waals surface area contributed by atoms with Gasteiger partial charge >= 0.3 is 12.3 Å². The van der Waals surface area contributed by atoms with Crippen LogP contribution in [-0.2, 0) is 22.1 Å². The number of hydrogen-bond donors (Lipinski definition) is 1. The van der Waals surface area contributed by atoms with Gasteiger partial charge in [-0.05, 0) is 59.6 Å². The van der Waals surface area contributed by atoms with Gasteiger partial charge in [-0.15, -0.1) is 0 Å². The van der Waals surface area contributed by atoms with Crippen LogP contribution in [0.1, 0.15) is 47.1 Å². The van der Waals surface area contributed by atoms with Gasteiger partial charge in [0.1, 0.15) is 11.6 Å². The first-order valence-corrected chi connectivity index (χ1v) is 10.3. The summed E-state index contributed by atoms with van der Waals surface area (Å²) in [6, 6.07) is 4.65. The van der Waals surface area contributed by atoms with Gasteiger partial charge in [-0.3, -0.25) is 4.57 Å². The van der Waals surface area contributed by atoms with Crippen LogP contribution in [0.5, 0.6) is 0 Å². The number of fused-ring (bicyclic) bond motifs is 1. The van der Waals surface area contributed by atoms with Crippen molar-refractivity contribution in [1.29, 1.82) is 0 Å². The Balaban J connectivity index is 2.44. The predicted octanol–water partition coefficient (Wildman–Crippen LogP) is 4.95. The van der Waals surface area contributed by atoms with E-state index in [1.54, 1.807) is 65.8 Å². The van der Waals surface area contributed by atoms with E-state index in [1.165, 1.54) is 10.8 Å². The molecule has 5 nitrogen and oxygen atoms in total. The number of nitrogens with one attached hydrogen (secondary N) is 1. The molecule has 1 aromatic heterocycles. The molecule has 0 radical (unpaired) electrons. The van der Waals surface area contributed by atoms with Gasteiger partial charge in [-0.1, -0.05) is 18.2 Å². The molecule has 2 aromatic rings. The van der Waals surface area contributed by atoms with Crippen molar-refractivity contribution in [1.82, 2.24) is 9.29 Å². The summed E-state index contributed by atoms with van der Waals surface area (Å²) in [6.07, 6.45) is -4.40. The number of halogens is 3. The van der Waals surface area contributed by atoms with E-state index in [9.17, 15) is 22.2 Å². The summed E-state index contributed by atoms with van der Waals surface area (Å²) in [7, 11) is -1.91. The summed E-state index contributed by atoms with van der Waals surface area (Å²) >= 11 is 0. The van der Waals surface area contributed by atoms with E-state index in [-0.39, 0.29) is 0 Å². The van der Waals surface area contributed by atoms with Crippen LogP contribution >= 0.6 is 0 Å². The van der Waals surface area contributed by atoms with E-state index in [1.807, 2.05) is 0 Å². The van der Waals surface area contributed by atoms with Crippen LogP contribution < -0.4 is 4.72 Å². The quantitative estimate of drug-likeness (QED) is 0.744. The Labute approximate surface area is 171 Å². The molecule has 162 valence electrons. The molecule has 1 aromatic carbocycles. The number of carbonyl (C=O) groups excluding carboxylic acids is 1. The molecule has 0 spiro atoms. The molecule has 1 N–H and O–H groups in total. The summed E-state index contributed by atoms with van der Waals surface area (Å²) in [4.78, 5) is 12.5. The minimum absolute atomic E-state index is 0.312. The van der Waals surface area contributed by atoms with Gasteiger partial charge in [-0.2, -0.15) is 13.2 Å². The fourth-order valence-corrected chi connectivity index (χ4v) is 3.45. The van der Waals surface area contributed by atoms with Gasteiger partial charge in [-0.25, -0.2) is 13.7 Å². The first-order chi connectivity index (χ1) is 13.1. The molecule has 29 heavy (non-hydrogen) atoms. The number of rotatable bonds is 4. The van der Waals surface area contributed by atoms with Gasteiger partial charge in [0.25, 0.3) is 0 Å². The lowest BCUT2D eigenvalue weighted by Gasteiger charge is -2.25. The largest absolute Gasteiger partial charge is 0.443 e. The third-order valence-corrected chi connectivity index (χ3v) is 5.62. The van der Waals surface area contributed by atoms with Crippen LogP contribution in [0.3, 0.4) is 0 Å². The van der Waals surface area contributed by atoms with Crippen LogP contribution in [0.15, 0.2) is 30.5 Å². The highest BCUT2D eigenvalue weighted by molar-refractivity contribution is 7.84. The minimum atomic E-state index is -4.62. The first-order valence-electron chi connectivity index (χ1n) is 9.16. The molecule has 0 aliphatic carbocycles. The Morgan fingerprint density at radius 1 is 1.14 bits per heavy atom. The summed E-state index contributed by atoms with van der Waals surface area (Å²) in [5, 5.41) is 0.510. The van der Waals surface area contributed by atoms with Crippen LogP contribution in [-0.4, -0.2) is 37.4 Å². The molecule has 2 atom stereocenters. The number of ether oxygens (including phenoxy) is 1. The second-order valence-electron chi connectivity index (χ2n) is 8.82. The van der Waals surface area contributed by atoms with Crippen LogP contribution in [0, 0.1) is 0 Å². The average Bonchev–Trinajstić information content (AvgIpc) is 2.90. The SMILES string of the molecule is CC(C)(C)OC(=O)n1cc(C[C@H](NS(=O)C(C)(C)C)C(F)(F)F)c2ccccc21. The highest BCUT2D eigenvalue weighted by Gasteiger charge is 2.42. The zero-order valence-corrected chi connectivity index (χ0v) is 18.2. The molecule has 0 aliphatic rings. The van der Waals surface area contributed by atoms with Gasteiger partial charge in [0.15, 0.2) is 0 Å². The van der Waals surface area contributed by atoms with Crippen molar-refractivity contribution in [3.05, 3.63) is 36.0 Å². The maximum Gasteiger partial charge on any atom is 0.419 e. The van der Waals surface area contributed by atoms with Crippen LogP contribution in [0.4, 0.5) is 18.0 Å². The zero-order chi connectivity index (χ0) is 22.2. The Bertz CT molecular complexity index is 908. The van der Waals surface area contributed by atoms with E-state index < -0.39 is 46.1 Å². The lowest BCUT2D eigenvalue weighted by molar-refractivity contribution is -0.150.